The van der Waals surface area contributed by atoms with Crippen LogP contribution in [0.4, 0.5) is 9.59 Å². The zero-order valence-electron chi connectivity index (χ0n) is 17.4. The zero-order valence-corrected chi connectivity index (χ0v) is 17.4. The van der Waals surface area contributed by atoms with Gasteiger partial charge in [0.05, 0.1) is 0 Å². The van der Waals surface area contributed by atoms with Crippen LogP contribution < -0.4 is 0 Å². The van der Waals surface area contributed by atoms with Crippen molar-refractivity contribution in [3.63, 3.8) is 0 Å². The predicted octanol–water partition coefficient (Wildman–Crippen LogP) is 4.32. The zero-order chi connectivity index (χ0) is 22.1. The molecule has 2 aliphatic rings. The molecular formula is C22H26N2O6. The van der Waals surface area contributed by atoms with E-state index in [2.05, 4.69) is 0 Å². The third kappa shape index (κ3) is 4.53. The molecule has 8 nitrogen and oxygen atoms in total. The third-order valence-corrected chi connectivity index (χ3v) is 5.02. The van der Waals surface area contributed by atoms with Crippen LogP contribution in [0.2, 0.25) is 0 Å². The van der Waals surface area contributed by atoms with Gasteiger partial charge in [-0.2, -0.15) is 0 Å². The molecule has 4 rings (SSSR count). The fraction of sp³-hybridized carbons (Fsp3) is 0.455. The molecule has 30 heavy (non-hydrogen) atoms. The van der Waals surface area contributed by atoms with Crippen molar-refractivity contribution in [3.05, 3.63) is 47.0 Å². The Hall–Kier alpha value is -3.16. The number of aromatic nitrogens is 2. The fourth-order valence-corrected chi connectivity index (χ4v) is 3.71. The fourth-order valence-electron chi connectivity index (χ4n) is 3.71. The molecule has 160 valence electrons. The van der Waals surface area contributed by atoms with Gasteiger partial charge in [0.15, 0.2) is 11.6 Å². The summed E-state index contributed by atoms with van der Waals surface area (Å²) < 4.78 is 7.88. The first-order valence-electron chi connectivity index (χ1n) is 10.0. The summed E-state index contributed by atoms with van der Waals surface area (Å²) in [4.78, 5) is 45.6. The average Bonchev–Trinajstić information content (AvgIpc) is 3.26. The summed E-state index contributed by atoms with van der Waals surface area (Å²) in [5.41, 5.74) is 2.16. The van der Waals surface area contributed by atoms with E-state index in [4.69, 9.17) is 9.84 Å². The first-order chi connectivity index (χ1) is 14.1. The molecule has 0 aromatic carbocycles. The number of ketones is 2. The smallest absolute Gasteiger partial charge is 0.418 e. The lowest BCUT2D eigenvalue weighted by atomic mass is 9.97. The van der Waals surface area contributed by atoms with Gasteiger partial charge in [-0.3, -0.25) is 18.7 Å². The first-order valence-corrected chi connectivity index (χ1v) is 10.0. The molecule has 0 amide bonds. The summed E-state index contributed by atoms with van der Waals surface area (Å²) in [5, 5.41) is 8.77. The van der Waals surface area contributed by atoms with Crippen molar-refractivity contribution in [2.75, 3.05) is 0 Å². The van der Waals surface area contributed by atoms with Crippen LogP contribution in [-0.4, -0.2) is 43.6 Å². The van der Waals surface area contributed by atoms with Crippen LogP contribution in [0.5, 0.6) is 0 Å². The Morgan fingerprint density at radius 2 is 1.33 bits per heavy atom. The molecule has 0 saturated carbocycles. The molecular weight excluding hydrogens is 388 g/mol. The summed E-state index contributed by atoms with van der Waals surface area (Å²) in [7, 11) is 0. The standard InChI is InChI=1S/C13H17NO3.C9H9NO3/c1-13(2,3)17-12(16)14-8-7-9-10(14)5-4-6-11(9)15;11-8-3-1-2-7-6(8)4-5-10(7)9(12)13/h7-8H,4-6H2,1-3H3;4-5H,1-3H2,(H,12,13). The van der Waals surface area contributed by atoms with Gasteiger partial charge >= 0.3 is 12.2 Å². The lowest BCUT2D eigenvalue weighted by Gasteiger charge is -2.21. The number of carbonyl (C=O) groups excluding carboxylic acids is 3. The highest BCUT2D eigenvalue weighted by molar-refractivity contribution is 5.99. The van der Waals surface area contributed by atoms with Gasteiger partial charge in [0.25, 0.3) is 0 Å². The molecule has 0 unspecified atom stereocenters. The molecule has 8 heteroatoms. The number of nitrogens with zero attached hydrogens (tertiary/aromatic N) is 2. The van der Waals surface area contributed by atoms with Gasteiger partial charge in [-0.15, -0.1) is 0 Å². The second kappa shape index (κ2) is 8.30. The Labute approximate surface area is 174 Å². The summed E-state index contributed by atoms with van der Waals surface area (Å²) in [6.07, 6.45) is 5.75. The summed E-state index contributed by atoms with van der Waals surface area (Å²) >= 11 is 0. The summed E-state index contributed by atoms with van der Waals surface area (Å²) in [5.74, 6) is 0.176. The molecule has 2 aromatic rings. The van der Waals surface area contributed by atoms with E-state index < -0.39 is 17.8 Å². The minimum Gasteiger partial charge on any atom is -0.464 e. The van der Waals surface area contributed by atoms with Crippen LogP contribution in [0, 0.1) is 0 Å². The maximum Gasteiger partial charge on any atom is 0.418 e. The monoisotopic (exact) mass is 414 g/mol. The van der Waals surface area contributed by atoms with E-state index in [1.807, 2.05) is 20.8 Å². The third-order valence-electron chi connectivity index (χ3n) is 5.02. The van der Waals surface area contributed by atoms with Gasteiger partial charge in [-0.1, -0.05) is 0 Å². The average molecular weight is 414 g/mol. The number of fused-ring (bicyclic) bond motifs is 2. The second-order valence-electron chi connectivity index (χ2n) is 8.41. The molecule has 2 aromatic heterocycles. The molecule has 0 spiro atoms. The molecule has 0 aliphatic heterocycles. The van der Waals surface area contributed by atoms with Crippen LogP contribution in [0.1, 0.15) is 78.6 Å². The predicted molar refractivity (Wildman–Crippen MR) is 108 cm³/mol. The van der Waals surface area contributed by atoms with Crippen molar-refractivity contribution >= 4 is 23.8 Å². The van der Waals surface area contributed by atoms with Crippen LogP contribution in [-0.2, 0) is 17.6 Å². The van der Waals surface area contributed by atoms with E-state index in [-0.39, 0.29) is 11.6 Å². The highest BCUT2D eigenvalue weighted by Gasteiger charge is 2.26. The molecule has 0 saturated heterocycles. The van der Waals surface area contributed by atoms with Gasteiger partial charge in [-0.05, 0) is 58.6 Å². The van der Waals surface area contributed by atoms with Gasteiger partial charge < -0.3 is 9.84 Å². The SMILES string of the molecule is CC(C)(C)OC(=O)n1ccc2c1CCCC2=O.O=C1CCCc2c1ccn2C(=O)O. The topological polar surface area (TPSA) is 108 Å². The molecule has 0 bridgehead atoms. The highest BCUT2D eigenvalue weighted by Crippen LogP contribution is 2.24. The number of carboxylic acid groups (broad SMARTS) is 1. The van der Waals surface area contributed by atoms with Crippen molar-refractivity contribution in [2.24, 2.45) is 0 Å². The second-order valence-corrected chi connectivity index (χ2v) is 8.41. The van der Waals surface area contributed by atoms with Crippen LogP contribution in [0.3, 0.4) is 0 Å². The normalized spacial score (nSPS) is 15.6. The van der Waals surface area contributed by atoms with E-state index in [0.717, 1.165) is 29.5 Å². The minimum absolute atomic E-state index is 0.0567. The van der Waals surface area contributed by atoms with Crippen LogP contribution in [0.15, 0.2) is 24.5 Å². The number of ether oxygens (including phenoxy) is 1. The van der Waals surface area contributed by atoms with Gasteiger partial charge in [-0.25, -0.2) is 9.59 Å². The number of hydrogen-bond acceptors (Lipinski definition) is 5. The van der Waals surface area contributed by atoms with Crippen molar-refractivity contribution < 1.29 is 29.0 Å². The van der Waals surface area contributed by atoms with E-state index in [9.17, 15) is 19.2 Å². The van der Waals surface area contributed by atoms with Crippen LogP contribution in [0.25, 0.3) is 0 Å². The molecule has 2 aliphatic carbocycles. The van der Waals surface area contributed by atoms with E-state index in [0.29, 0.717) is 36.1 Å². The molecule has 1 N–H and O–H groups in total. The number of Topliss-reactive ketones (excluding diaryl/α,β-unsaturated/α-hetero) is 2. The van der Waals surface area contributed by atoms with Crippen molar-refractivity contribution in [1.82, 2.24) is 9.13 Å². The Bertz CT molecular complexity index is 992. The lowest BCUT2D eigenvalue weighted by molar-refractivity contribution is 0.0532. The summed E-state index contributed by atoms with van der Waals surface area (Å²) in [6, 6.07) is 3.30. The largest absolute Gasteiger partial charge is 0.464 e. The minimum atomic E-state index is -1.02. The first kappa shape index (κ1) is 21.5. The highest BCUT2D eigenvalue weighted by atomic mass is 16.6. The van der Waals surface area contributed by atoms with Gasteiger partial charge in [0.2, 0.25) is 0 Å². The Kier molecular flexibility index (Phi) is 5.96. The van der Waals surface area contributed by atoms with Crippen molar-refractivity contribution in [1.29, 1.82) is 0 Å². The maximum absolute atomic E-state index is 11.9. The van der Waals surface area contributed by atoms with E-state index in [1.54, 1.807) is 18.3 Å². The van der Waals surface area contributed by atoms with Gasteiger partial charge in [0, 0.05) is 47.8 Å². The Balaban J connectivity index is 0.000000177. The van der Waals surface area contributed by atoms with E-state index >= 15 is 0 Å². The van der Waals surface area contributed by atoms with Crippen molar-refractivity contribution in [2.45, 2.75) is 64.9 Å². The molecule has 0 atom stereocenters. The molecule has 0 fully saturated rings. The lowest BCUT2D eigenvalue weighted by Crippen LogP contribution is -2.28. The van der Waals surface area contributed by atoms with Crippen molar-refractivity contribution in [3.8, 4) is 0 Å². The van der Waals surface area contributed by atoms with E-state index in [1.165, 1.54) is 10.8 Å². The number of rotatable bonds is 0. The maximum atomic E-state index is 11.9. The Morgan fingerprint density at radius 1 is 0.867 bits per heavy atom. The van der Waals surface area contributed by atoms with Gasteiger partial charge in [0.1, 0.15) is 5.60 Å². The Morgan fingerprint density at radius 3 is 1.80 bits per heavy atom. The summed E-state index contributed by atoms with van der Waals surface area (Å²) in [6.45, 7) is 5.48. The van der Waals surface area contributed by atoms with Crippen LogP contribution >= 0.6 is 0 Å². The number of carbonyl (C=O) groups is 4. The number of hydrogen-bond donors (Lipinski definition) is 1. The molecule has 2 heterocycles. The molecule has 0 radical (unpaired) electrons. The quantitative estimate of drug-likeness (QED) is 0.688.